The van der Waals surface area contributed by atoms with Crippen molar-refractivity contribution in [3.63, 3.8) is 0 Å². The molecule has 0 amide bonds. The minimum absolute atomic E-state index is 0.535. The zero-order chi connectivity index (χ0) is 14.1. The lowest BCUT2D eigenvalue weighted by Gasteiger charge is -2.24. The molecule has 1 aliphatic rings. The molecule has 1 fully saturated rings. The van der Waals surface area contributed by atoms with Crippen molar-refractivity contribution >= 4 is 46.2 Å². The third kappa shape index (κ3) is 2.87. The van der Waals surface area contributed by atoms with Crippen LogP contribution in [-0.2, 0) is 6.54 Å². The average Bonchev–Trinajstić information content (AvgIpc) is 3.14. The van der Waals surface area contributed by atoms with Crippen LogP contribution < -0.4 is 10.2 Å². The molecule has 2 aromatic rings. The maximum atomic E-state index is 6.35. The Balaban J connectivity index is 1.94. The second-order valence-corrected chi connectivity index (χ2v) is 6.66. The van der Waals surface area contributed by atoms with Gasteiger partial charge < -0.3 is 10.2 Å². The van der Waals surface area contributed by atoms with Crippen LogP contribution in [0.15, 0.2) is 23.6 Å². The molecule has 1 aliphatic carbocycles. The van der Waals surface area contributed by atoms with Crippen molar-refractivity contribution in [1.82, 2.24) is 4.98 Å². The van der Waals surface area contributed by atoms with E-state index < -0.39 is 0 Å². The summed E-state index contributed by atoms with van der Waals surface area (Å²) in [6.07, 6.45) is 2.39. The number of thiophene rings is 1. The van der Waals surface area contributed by atoms with Gasteiger partial charge in [-0.25, -0.2) is 4.98 Å². The first-order valence-corrected chi connectivity index (χ1v) is 8.15. The number of nitrogens with zero attached hydrogens (tertiary/aromatic N) is 2. The van der Waals surface area contributed by atoms with Crippen molar-refractivity contribution in [3.8, 4) is 0 Å². The van der Waals surface area contributed by atoms with Crippen LogP contribution in [0.25, 0.3) is 0 Å². The molecule has 0 atom stereocenters. The molecule has 2 heterocycles. The number of halogens is 2. The van der Waals surface area contributed by atoms with E-state index in [-0.39, 0.29) is 0 Å². The number of hydrogen-bond acceptors (Lipinski definition) is 4. The van der Waals surface area contributed by atoms with Crippen LogP contribution in [0.1, 0.15) is 17.7 Å². The highest BCUT2D eigenvalue weighted by atomic mass is 35.5. The number of aromatic nitrogens is 1. The van der Waals surface area contributed by atoms with Crippen LogP contribution in [0.3, 0.4) is 0 Å². The van der Waals surface area contributed by atoms with Gasteiger partial charge in [-0.3, -0.25) is 0 Å². The van der Waals surface area contributed by atoms with E-state index in [2.05, 4.69) is 32.7 Å². The van der Waals surface area contributed by atoms with Crippen molar-refractivity contribution in [2.45, 2.75) is 25.4 Å². The number of hydrogen-bond donors (Lipinski definition) is 1. The van der Waals surface area contributed by atoms with Gasteiger partial charge in [0.2, 0.25) is 0 Å². The van der Waals surface area contributed by atoms with Crippen LogP contribution in [0, 0.1) is 0 Å². The lowest BCUT2D eigenvalue weighted by molar-refractivity contribution is 0.787. The van der Waals surface area contributed by atoms with Crippen molar-refractivity contribution in [1.29, 1.82) is 0 Å². The first kappa shape index (κ1) is 14.0. The number of nitrogens with one attached hydrogen (secondary N) is 1. The van der Waals surface area contributed by atoms with Gasteiger partial charge in [-0.15, -0.1) is 11.3 Å². The Morgan fingerprint density at radius 1 is 1.40 bits per heavy atom. The Morgan fingerprint density at radius 2 is 2.20 bits per heavy atom. The molecule has 2 aromatic heterocycles. The Labute approximate surface area is 132 Å². The van der Waals surface area contributed by atoms with Crippen LogP contribution in [-0.4, -0.2) is 18.1 Å². The first-order valence-electron chi connectivity index (χ1n) is 6.52. The minimum Gasteiger partial charge on any atom is -0.372 e. The average molecular weight is 328 g/mol. The van der Waals surface area contributed by atoms with Gasteiger partial charge in [0.1, 0.15) is 5.82 Å². The zero-order valence-corrected chi connectivity index (χ0v) is 13.4. The molecule has 0 radical (unpaired) electrons. The summed E-state index contributed by atoms with van der Waals surface area (Å²) < 4.78 is 0. The number of anilines is 2. The highest BCUT2D eigenvalue weighted by Gasteiger charge is 2.32. The van der Waals surface area contributed by atoms with Crippen LogP contribution >= 0.6 is 34.5 Å². The molecule has 6 heteroatoms. The van der Waals surface area contributed by atoms with E-state index in [0.29, 0.717) is 21.9 Å². The van der Waals surface area contributed by atoms with E-state index in [4.69, 9.17) is 23.2 Å². The summed E-state index contributed by atoms with van der Waals surface area (Å²) in [6, 6.07) is 6.51. The molecule has 20 heavy (non-hydrogen) atoms. The molecule has 0 spiro atoms. The van der Waals surface area contributed by atoms with Crippen LogP contribution in [0.5, 0.6) is 0 Å². The molecular weight excluding hydrogens is 313 g/mol. The van der Waals surface area contributed by atoms with E-state index in [1.165, 1.54) is 17.7 Å². The van der Waals surface area contributed by atoms with Gasteiger partial charge in [-0.1, -0.05) is 29.3 Å². The molecular formula is C14H15Cl2N3S. The summed E-state index contributed by atoms with van der Waals surface area (Å²) in [5.41, 5.74) is 0. The van der Waals surface area contributed by atoms with E-state index in [0.717, 1.165) is 12.4 Å². The van der Waals surface area contributed by atoms with Crippen molar-refractivity contribution < 1.29 is 0 Å². The molecule has 1 saturated carbocycles. The largest absolute Gasteiger partial charge is 0.372 e. The minimum atomic E-state index is 0.535. The van der Waals surface area contributed by atoms with Crippen molar-refractivity contribution in [2.75, 3.05) is 17.3 Å². The maximum Gasteiger partial charge on any atom is 0.150 e. The standard InChI is InChI=1S/C14H15Cl2N3S/c1-17-13-11(15)7-12(16)14(18-13)19(9-4-5-9)8-10-3-2-6-20-10/h2-3,6-7,9H,4-5,8H2,1H3,(H,17,18). The van der Waals surface area contributed by atoms with Crippen LogP contribution in [0.2, 0.25) is 10.0 Å². The van der Waals surface area contributed by atoms with Gasteiger partial charge in [0.15, 0.2) is 5.82 Å². The Morgan fingerprint density at radius 3 is 2.80 bits per heavy atom. The second-order valence-electron chi connectivity index (χ2n) is 4.81. The van der Waals surface area contributed by atoms with Crippen molar-refractivity contribution in [2.24, 2.45) is 0 Å². The summed E-state index contributed by atoms with van der Waals surface area (Å²) >= 11 is 14.2. The highest BCUT2D eigenvalue weighted by Crippen LogP contribution is 2.38. The molecule has 3 nitrogen and oxygen atoms in total. The Bertz CT molecular complexity index is 597. The second kappa shape index (κ2) is 5.80. The molecule has 1 N–H and O–H groups in total. The third-order valence-corrected chi connectivity index (χ3v) is 4.74. The molecule has 0 aliphatic heterocycles. The monoisotopic (exact) mass is 327 g/mol. The smallest absolute Gasteiger partial charge is 0.150 e. The summed E-state index contributed by atoms with van der Waals surface area (Å²) in [5.74, 6) is 1.49. The molecule has 0 unspecified atom stereocenters. The van der Waals surface area contributed by atoms with Gasteiger partial charge in [0, 0.05) is 18.0 Å². The summed E-state index contributed by atoms with van der Waals surface area (Å²) in [6.45, 7) is 0.847. The van der Waals surface area contributed by atoms with Gasteiger partial charge in [0.25, 0.3) is 0 Å². The van der Waals surface area contributed by atoms with Gasteiger partial charge in [-0.05, 0) is 30.4 Å². The predicted octanol–water partition coefficient (Wildman–Crippen LogP) is 4.66. The fourth-order valence-corrected chi connectivity index (χ4v) is 3.43. The quantitative estimate of drug-likeness (QED) is 0.865. The third-order valence-electron chi connectivity index (χ3n) is 3.31. The summed E-state index contributed by atoms with van der Waals surface area (Å²) in [5, 5.41) is 6.26. The first-order chi connectivity index (χ1) is 9.69. The molecule has 106 valence electrons. The van der Waals surface area contributed by atoms with E-state index in [1.54, 1.807) is 17.4 Å². The van der Waals surface area contributed by atoms with E-state index >= 15 is 0 Å². The maximum absolute atomic E-state index is 6.35. The fraction of sp³-hybridized carbons (Fsp3) is 0.357. The molecule has 0 saturated heterocycles. The fourth-order valence-electron chi connectivity index (χ4n) is 2.17. The van der Waals surface area contributed by atoms with Crippen LogP contribution in [0.4, 0.5) is 11.6 Å². The lowest BCUT2D eigenvalue weighted by Crippen LogP contribution is -2.26. The zero-order valence-electron chi connectivity index (χ0n) is 11.1. The molecule has 0 aromatic carbocycles. The summed E-state index contributed by atoms with van der Waals surface area (Å²) in [7, 11) is 1.81. The number of pyridine rings is 1. The molecule has 0 bridgehead atoms. The van der Waals surface area contributed by atoms with E-state index in [9.17, 15) is 0 Å². The van der Waals surface area contributed by atoms with E-state index in [1.807, 2.05) is 7.05 Å². The molecule has 3 rings (SSSR count). The summed E-state index contributed by atoms with van der Waals surface area (Å²) in [4.78, 5) is 8.19. The SMILES string of the molecule is CNc1nc(N(Cc2cccs2)C2CC2)c(Cl)cc1Cl. The van der Waals surface area contributed by atoms with Gasteiger partial charge in [-0.2, -0.15) is 0 Å². The Kier molecular flexibility index (Phi) is 4.06. The number of rotatable bonds is 5. The highest BCUT2D eigenvalue weighted by molar-refractivity contribution is 7.09. The van der Waals surface area contributed by atoms with Crippen molar-refractivity contribution in [3.05, 3.63) is 38.5 Å². The van der Waals surface area contributed by atoms with Gasteiger partial charge >= 0.3 is 0 Å². The van der Waals surface area contributed by atoms with Gasteiger partial charge in [0.05, 0.1) is 16.6 Å². The lowest BCUT2D eigenvalue weighted by atomic mass is 10.3. The topological polar surface area (TPSA) is 28.2 Å². The Hall–Kier alpha value is -0.970. The normalized spacial score (nSPS) is 14.3. The predicted molar refractivity (Wildman–Crippen MR) is 87.3 cm³/mol.